The summed E-state index contributed by atoms with van der Waals surface area (Å²) in [5.74, 6) is 0. The fourth-order valence-electron chi connectivity index (χ4n) is 2.72. The molecule has 4 nitrogen and oxygen atoms in total. The minimum absolute atomic E-state index is 0.0963. The molecular weight excluding hydrogens is 298 g/mol. The smallest absolute Gasteiger partial charge is 0.323 e. The van der Waals surface area contributed by atoms with Crippen molar-refractivity contribution in [3.8, 4) is 22.5 Å². The Hall–Kier alpha value is -2.88. The molecule has 0 radical (unpaired) electrons. The van der Waals surface area contributed by atoms with Crippen molar-refractivity contribution in [3.63, 3.8) is 0 Å². The number of carbonyl (C=O) groups is 1. The molecule has 0 bridgehead atoms. The highest BCUT2D eigenvalue weighted by atomic mass is 16.2. The van der Waals surface area contributed by atoms with Crippen molar-refractivity contribution in [1.29, 1.82) is 0 Å². The van der Waals surface area contributed by atoms with Crippen LogP contribution in [0.1, 0.15) is 13.8 Å². The first kappa shape index (κ1) is 16.0. The molecule has 24 heavy (non-hydrogen) atoms. The van der Waals surface area contributed by atoms with Crippen LogP contribution in [0.3, 0.4) is 0 Å². The summed E-state index contributed by atoms with van der Waals surface area (Å²) < 4.78 is 1.52. The van der Waals surface area contributed by atoms with E-state index < -0.39 is 0 Å². The number of amides is 1. The van der Waals surface area contributed by atoms with Crippen molar-refractivity contribution in [3.05, 3.63) is 66.7 Å². The second-order valence-corrected chi connectivity index (χ2v) is 5.51. The third kappa shape index (κ3) is 3.08. The molecule has 0 aliphatic heterocycles. The van der Waals surface area contributed by atoms with Gasteiger partial charge in [-0.25, -0.2) is 4.79 Å². The molecule has 0 aliphatic carbocycles. The van der Waals surface area contributed by atoms with Crippen LogP contribution in [-0.2, 0) is 0 Å². The van der Waals surface area contributed by atoms with Crippen LogP contribution in [-0.4, -0.2) is 33.8 Å². The van der Waals surface area contributed by atoms with Gasteiger partial charge in [0, 0.05) is 24.2 Å². The van der Waals surface area contributed by atoms with Crippen LogP contribution in [0, 0.1) is 0 Å². The normalized spacial score (nSPS) is 10.6. The van der Waals surface area contributed by atoms with Crippen molar-refractivity contribution < 1.29 is 4.79 Å². The fraction of sp³-hybridized carbons (Fsp3) is 0.200. The minimum Gasteiger partial charge on any atom is -0.323 e. The van der Waals surface area contributed by atoms with Crippen molar-refractivity contribution in [2.75, 3.05) is 13.1 Å². The van der Waals surface area contributed by atoms with E-state index in [9.17, 15) is 4.79 Å². The molecule has 0 unspecified atom stereocenters. The summed E-state index contributed by atoms with van der Waals surface area (Å²) in [7, 11) is 0. The van der Waals surface area contributed by atoms with E-state index in [1.807, 2.05) is 80.6 Å². The van der Waals surface area contributed by atoms with Crippen molar-refractivity contribution in [1.82, 2.24) is 14.7 Å². The molecule has 2 aromatic carbocycles. The average Bonchev–Trinajstić information content (AvgIpc) is 3.09. The summed E-state index contributed by atoms with van der Waals surface area (Å²) in [6, 6.07) is 21.7. The Labute approximate surface area is 142 Å². The lowest BCUT2D eigenvalue weighted by atomic mass is 10.1. The first-order chi connectivity index (χ1) is 11.7. The summed E-state index contributed by atoms with van der Waals surface area (Å²) in [5, 5.41) is 4.60. The number of hydrogen-bond acceptors (Lipinski definition) is 2. The largest absolute Gasteiger partial charge is 0.345 e. The fourth-order valence-corrected chi connectivity index (χ4v) is 2.72. The van der Waals surface area contributed by atoms with Crippen LogP contribution in [0.5, 0.6) is 0 Å². The number of aromatic nitrogens is 2. The molecule has 122 valence electrons. The molecule has 0 spiro atoms. The van der Waals surface area contributed by atoms with Gasteiger partial charge in [0.05, 0.1) is 11.4 Å². The lowest BCUT2D eigenvalue weighted by molar-refractivity contribution is 0.202. The molecular formula is C20H21N3O. The molecule has 0 saturated heterocycles. The Balaban J connectivity index is 2.12. The number of hydrogen-bond donors (Lipinski definition) is 0. The lowest BCUT2D eigenvalue weighted by Crippen LogP contribution is -2.35. The van der Waals surface area contributed by atoms with Crippen LogP contribution >= 0.6 is 0 Å². The average molecular weight is 319 g/mol. The zero-order valence-electron chi connectivity index (χ0n) is 14.0. The number of benzene rings is 2. The van der Waals surface area contributed by atoms with E-state index in [-0.39, 0.29) is 6.03 Å². The van der Waals surface area contributed by atoms with Gasteiger partial charge in [-0.2, -0.15) is 9.78 Å². The Morgan fingerprint density at radius 2 is 1.46 bits per heavy atom. The van der Waals surface area contributed by atoms with E-state index in [1.165, 1.54) is 4.68 Å². The van der Waals surface area contributed by atoms with Crippen LogP contribution in [0.2, 0.25) is 0 Å². The van der Waals surface area contributed by atoms with Gasteiger partial charge in [0.1, 0.15) is 0 Å². The van der Waals surface area contributed by atoms with Crippen LogP contribution in [0.25, 0.3) is 22.5 Å². The monoisotopic (exact) mass is 319 g/mol. The minimum atomic E-state index is -0.0963. The standard InChI is InChI=1S/C20H21N3O/c1-3-22(4-2)20(24)23-19(17-13-9-6-10-14-17)15-18(21-23)16-11-7-5-8-12-16/h5-15H,3-4H2,1-2H3. The maximum Gasteiger partial charge on any atom is 0.345 e. The summed E-state index contributed by atoms with van der Waals surface area (Å²) in [6.45, 7) is 5.27. The zero-order valence-corrected chi connectivity index (χ0v) is 14.0. The van der Waals surface area contributed by atoms with Crippen LogP contribution < -0.4 is 0 Å². The van der Waals surface area contributed by atoms with Gasteiger partial charge in [0.15, 0.2) is 0 Å². The second kappa shape index (κ2) is 7.13. The van der Waals surface area contributed by atoms with E-state index in [0.717, 1.165) is 22.5 Å². The van der Waals surface area contributed by atoms with Gasteiger partial charge in [-0.05, 0) is 19.9 Å². The Bertz CT molecular complexity index is 805. The molecule has 0 atom stereocenters. The number of carbonyl (C=O) groups excluding carboxylic acids is 1. The predicted octanol–water partition coefficient (Wildman–Crippen LogP) is 4.53. The van der Waals surface area contributed by atoms with Crippen molar-refractivity contribution in [2.24, 2.45) is 0 Å². The molecule has 4 heteroatoms. The summed E-state index contributed by atoms with van der Waals surface area (Å²) >= 11 is 0. The number of nitrogens with zero attached hydrogens (tertiary/aromatic N) is 3. The Morgan fingerprint density at radius 3 is 2.00 bits per heavy atom. The van der Waals surface area contributed by atoms with Gasteiger partial charge in [0.25, 0.3) is 0 Å². The van der Waals surface area contributed by atoms with E-state index in [0.29, 0.717) is 13.1 Å². The van der Waals surface area contributed by atoms with Crippen LogP contribution in [0.15, 0.2) is 66.7 Å². The number of rotatable bonds is 4. The molecule has 1 heterocycles. The third-order valence-corrected chi connectivity index (χ3v) is 4.06. The molecule has 0 N–H and O–H groups in total. The lowest BCUT2D eigenvalue weighted by Gasteiger charge is -2.19. The quantitative estimate of drug-likeness (QED) is 0.709. The van der Waals surface area contributed by atoms with Crippen molar-refractivity contribution >= 4 is 6.03 Å². The highest BCUT2D eigenvalue weighted by molar-refractivity contribution is 5.83. The van der Waals surface area contributed by atoms with Gasteiger partial charge in [-0.15, -0.1) is 0 Å². The van der Waals surface area contributed by atoms with E-state index in [1.54, 1.807) is 4.90 Å². The predicted molar refractivity (Wildman–Crippen MR) is 96.8 cm³/mol. The van der Waals surface area contributed by atoms with Gasteiger partial charge in [-0.1, -0.05) is 60.7 Å². The first-order valence-corrected chi connectivity index (χ1v) is 8.24. The maximum absolute atomic E-state index is 12.9. The Morgan fingerprint density at radius 1 is 0.917 bits per heavy atom. The summed E-state index contributed by atoms with van der Waals surface area (Å²) in [5.41, 5.74) is 3.59. The van der Waals surface area contributed by atoms with Gasteiger partial charge in [0.2, 0.25) is 0 Å². The topological polar surface area (TPSA) is 38.1 Å². The molecule has 0 fully saturated rings. The van der Waals surface area contributed by atoms with Crippen LogP contribution in [0.4, 0.5) is 4.79 Å². The SMILES string of the molecule is CCN(CC)C(=O)n1nc(-c2ccccc2)cc1-c1ccccc1. The maximum atomic E-state index is 12.9. The van der Waals surface area contributed by atoms with E-state index in [4.69, 9.17) is 0 Å². The molecule has 0 aliphatic rings. The third-order valence-electron chi connectivity index (χ3n) is 4.06. The molecule has 1 aromatic heterocycles. The van der Waals surface area contributed by atoms with Crippen molar-refractivity contribution in [2.45, 2.75) is 13.8 Å². The zero-order chi connectivity index (χ0) is 16.9. The molecule has 3 aromatic rings. The van der Waals surface area contributed by atoms with Gasteiger partial charge < -0.3 is 4.90 Å². The Kier molecular flexibility index (Phi) is 4.75. The molecule has 1 amide bonds. The molecule has 0 saturated carbocycles. The van der Waals surface area contributed by atoms with Gasteiger partial charge in [-0.3, -0.25) is 0 Å². The summed E-state index contributed by atoms with van der Waals surface area (Å²) in [6.07, 6.45) is 0. The first-order valence-electron chi connectivity index (χ1n) is 8.24. The van der Waals surface area contributed by atoms with E-state index >= 15 is 0 Å². The van der Waals surface area contributed by atoms with Gasteiger partial charge >= 0.3 is 6.03 Å². The highest BCUT2D eigenvalue weighted by Crippen LogP contribution is 2.26. The summed E-state index contributed by atoms with van der Waals surface area (Å²) in [4.78, 5) is 14.6. The van der Waals surface area contributed by atoms with E-state index in [2.05, 4.69) is 5.10 Å². The highest BCUT2D eigenvalue weighted by Gasteiger charge is 2.20. The second-order valence-electron chi connectivity index (χ2n) is 5.51. The molecule has 3 rings (SSSR count).